The SMILES string of the molecule is Cc1ccsc1CNc1nc(Cl)ccc1C(=O)O. The Morgan fingerprint density at radius 1 is 1.50 bits per heavy atom. The van der Waals surface area contributed by atoms with Gasteiger partial charge in [0.1, 0.15) is 16.5 Å². The first-order chi connectivity index (χ1) is 8.58. The summed E-state index contributed by atoms with van der Waals surface area (Å²) in [5.74, 6) is -0.729. The fraction of sp³-hybridized carbons (Fsp3) is 0.167. The minimum absolute atomic E-state index is 0.119. The molecule has 0 bridgehead atoms. The summed E-state index contributed by atoms with van der Waals surface area (Å²) in [6.45, 7) is 2.55. The van der Waals surface area contributed by atoms with Crippen LogP contribution in [0.25, 0.3) is 0 Å². The van der Waals surface area contributed by atoms with E-state index in [0.29, 0.717) is 12.4 Å². The third-order valence-corrected chi connectivity index (χ3v) is 3.71. The van der Waals surface area contributed by atoms with E-state index in [4.69, 9.17) is 16.7 Å². The molecule has 0 spiro atoms. The summed E-state index contributed by atoms with van der Waals surface area (Å²) in [5.41, 5.74) is 1.29. The zero-order valence-electron chi connectivity index (χ0n) is 9.61. The lowest BCUT2D eigenvalue weighted by atomic mass is 10.2. The summed E-state index contributed by atoms with van der Waals surface area (Å²) in [5, 5.41) is 14.3. The Balaban J connectivity index is 2.20. The van der Waals surface area contributed by atoms with E-state index in [2.05, 4.69) is 10.3 Å². The van der Waals surface area contributed by atoms with Crippen LogP contribution in [0.3, 0.4) is 0 Å². The van der Waals surface area contributed by atoms with E-state index in [0.717, 1.165) is 4.88 Å². The second-order valence-corrected chi connectivity index (χ2v) is 5.10. The number of carboxylic acids is 1. The lowest BCUT2D eigenvalue weighted by Crippen LogP contribution is -2.08. The first-order valence-electron chi connectivity index (χ1n) is 5.24. The van der Waals surface area contributed by atoms with Crippen LogP contribution in [0.4, 0.5) is 5.82 Å². The fourth-order valence-electron chi connectivity index (χ4n) is 1.49. The van der Waals surface area contributed by atoms with Crippen molar-refractivity contribution in [3.8, 4) is 0 Å². The van der Waals surface area contributed by atoms with Gasteiger partial charge in [0, 0.05) is 4.88 Å². The molecule has 6 heteroatoms. The number of anilines is 1. The molecular weight excluding hydrogens is 272 g/mol. The first kappa shape index (κ1) is 12.9. The molecule has 0 aliphatic heterocycles. The Kier molecular flexibility index (Phi) is 3.84. The predicted octanol–water partition coefficient (Wildman–Crippen LogP) is 3.42. The number of nitrogens with one attached hydrogen (secondary N) is 1. The first-order valence-corrected chi connectivity index (χ1v) is 6.50. The molecule has 0 fully saturated rings. The van der Waals surface area contributed by atoms with Gasteiger partial charge in [-0.25, -0.2) is 9.78 Å². The van der Waals surface area contributed by atoms with Crippen molar-refractivity contribution < 1.29 is 9.90 Å². The van der Waals surface area contributed by atoms with Crippen molar-refractivity contribution in [2.24, 2.45) is 0 Å². The Labute approximate surface area is 113 Å². The topological polar surface area (TPSA) is 62.2 Å². The molecule has 0 unspecified atom stereocenters. The second-order valence-electron chi connectivity index (χ2n) is 3.72. The highest BCUT2D eigenvalue weighted by Gasteiger charge is 2.12. The van der Waals surface area contributed by atoms with Crippen molar-refractivity contribution in [1.82, 2.24) is 4.98 Å². The van der Waals surface area contributed by atoms with Crippen LogP contribution in [0.2, 0.25) is 5.15 Å². The van der Waals surface area contributed by atoms with Crippen LogP contribution in [0.15, 0.2) is 23.6 Å². The van der Waals surface area contributed by atoms with Crippen LogP contribution in [-0.2, 0) is 6.54 Å². The Morgan fingerprint density at radius 3 is 2.89 bits per heavy atom. The van der Waals surface area contributed by atoms with Crippen molar-refractivity contribution in [2.75, 3.05) is 5.32 Å². The van der Waals surface area contributed by atoms with Crippen LogP contribution in [0.1, 0.15) is 20.8 Å². The zero-order chi connectivity index (χ0) is 13.1. The van der Waals surface area contributed by atoms with Gasteiger partial charge in [-0.3, -0.25) is 0 Å². The van der Waals surface area contributed by atoms with Crippen LogP contribution in [0.5, 0.6) is 0 Å². The average molecular weight is 283 g/mol. The number of carbonyl (C=O) groups is 1. The quantitative estimate of drug-likeness (QED) is 0.844. The molecule has 2 aromatic rings. The van der Waals surface area contributed by atoms with Gasteiger partial charge in [0.15, 0.2) is 0 Å². The number of halogens is 1. The highest BCUT2D eigenvalue weighted by molar-refractivity contribution is 7.10. The van der Waals surface area contributed by atoms with Gasteiger partial charge in [-0.05, 0) is 36.1 Å². The molecule has 2 N–H and O–H groups in total. The van der Waals surface area contributed by atoms with Crippen molar-refractivity contribution in [3.05, 3.63) is 44.7 Å². The predicted molar refractivity (Wildman–Crippen MR) is 72.6 cm³/mol. The second kappa shape index (κ2) is 5.37. The summed E-state index contributed by atoms with van der Waals surface area (Å²) in [6, 6.07) is 4.93. The number of hydrogen-bond acceptors (Lipinski definition) is 4. The molecular formula is C12H11ClN2O2S. The molecule has 2 heterocycles. The number of nitrogens with zero attached hydrogens (tertiary/aromatic N) is 1. The average Bonchev–Trinajstić information content (AvgIpc) is 2.72. The summed E-state index contributed by atoms with van der Waals surface area (Å²) in [6.07, 6.45) is 0. The Bertz CT molecular complexity index is 583. The van der Waals surface area contributed by atoms with E-state index >= 15 is 0 Å². The van der Waals surface area contributed by atoms with E-state index in [1.165, 1.54) is 17.7 Å². The Hall–Kier alpha value is -1.59. The van der Waals surface area contributed by atoms with E-state index in [-0.39, 0.29) is 10.7 Å². The summed E-state index contributed by atoms with van der Waals surface area (Å²) >= 11 is 7.39. The molecule has 18 heavy (non-hydrogen) atoms. The number of aromatic nitrogens is 1. The molecule has 0 saturated carbocycles. The van der Waals surface area contributed by atoms with E-state index in [1.54, 1.807) is 11.3 Å². The number of aromatic carboxylic acids is 1. The molecule has 0 aliphatic rings. The van der Waals surface area contributed by atoms with Gasteiger partial charge in [-0.1, -0.05) is 11.6 Å². The van der Waals surface area contributed by atoms with Crippen molar-refractivity contribution in [2.45, 2.75) is 13.5 Å². The largest absolute Gasteiger partial charge is 0.478 e. The summed E-state index contributed by atoms with van der Waals surface area (Å²) in [7, 11) is 0. The number of hydrogen-bond donors (Lipinski definition) is 2. The lowest BCUT2D eigenvalue weighted by molar-refractivity contribution is 0.0697. The summed E-state index contributed by atoms with van der Waals surface area (Å²) < 4.78 is 0. The molecule has 0 radical (unpaired) electrons. The highest BCUT2D eigenvalue weighted by Crippen LogP contribution is 2.20. The normalized spacial score (nSPS) is 10.3. The molecule has 0 atom stereocenters. The number of pyridine rings is 1. The number of aryl methyl sites for hydroxylation is 1. The molecule has 2 aromatic heterocycles. The smallest absolute Gasteiger partial charge is 0.339 e. The molecule has 0 saturated heterocycles. The third kappa shape index (κ3) is 2.80. The van der Waals surface area contributed by atoms with Gasteiger partial charge >= 0.3 is 5.97 Å². The van der Waals surface area contributed by atoms with Gasteiger partial charge in [-0.2, -0.15) is 0 Å². The minimum Gasteiger partial charge on any atom is -0.478 e. The molecule has 0 aliphatic carbocycles. The van der Waals surface area contributed by atoms with Crippen molar-refractivity contribution >= 4 is 34.7 Å². The van der Waals surface area contributed by atoms with Gasteiger partial charge in [-0.15, -0.1) is 11.3 Å². The van der Waals surface area contributed by atoms with Gasteiger partial charge in [0.25, 0.3) is 0 Å². The highest BCUT2D eigenvalue weighted by atomic mass is 35.5. The maximum atomic E-state index is 11.0. The lowest BCUT2D eigenvalue weighted by Gasteiger charge is -2.08. The van der Waals surface area contributed by atoms with E-state index in [9.17, 15) is 4.79 Å². The maximum absolute atomic E-state index is 11.0. The van der Waals surface area contributed by atoms with E-state index < -0.39 is 5.97 Å². The summed E-state index contributed by atoms with van der Waals surface area (Å²) in [4.78, 5) is 16.2. The van der Waals surface area contributed by atoms with Gasteiger partial charge in [0.2, 0.25) is 0 Å². The van der Waals surface area contributed by atoms with Crippen LogP contribution >= 0.6 is 22.9 Å². The van der Waals surface area contributed by atoms with Gasteiger partial charge < -0.3 is 10.4 Å². The van der Waals surface area contributed by atoms with E-state index in [1.807, 2.05) is 18.4 Å². The molecule has 4 nitrogen and oxygen atoms in total. The van der Waals surface area contributed by atoms with Crippen molar-refractivity contribution in [3.63, 3.8) is 0 Å². The van der Waals surface area contributed by atoms with Crippen molar-refractivity contribution in [1.29, 1.82) is 0 Å². The van der Waals surface area contributed by atoms with Crippen LogP contribution in [-0.4, -0.2) is 16.1 Å². The number of thiophene rings is 1. The fourth-order valence-corrected chi connectivity index (χ4v) is 2.49. The molecule has 0 amide bonds. The van der Waals surface area contributed by atoms with Crippen LogP contribution < -0.4 is 5.32 Å². The van der Waals surface area contributed by atoms with Gasteiger partial charge in [0.05, 0.1) is 6.54 Å². The maximum Gasteiger partial charge on any atom is 0.339 e. The standard InChI is InChI=1S/C12H11ClN2O2S/c1-7-4-5-18-9(7)6-14-11-8(12(16)17)2-3-10(13)15-11/h2-5H,6H2,1H3,(H,14,15)(H,16,17). The number of rotatable bonds is 4. The zero-order valence-corrected chi connectivity index (χ0v) is 11.2. The molecule has 0 aromatic carbocycles. The number of carboxylic acid groups (broad SMARTS) is 1. The minimum atomic E-state index is -1.02. The molecule has 94 valence electrons. The third-order valence-electron chi connectivity index (χ3n) is 2.48. The van der Waals surface area contributed by atoms with Crippen LogP contribution in [0, 0.1) is 6.92 Å². The molecule has 2 rings (SSSR count). The monoisotopic (exact) mass is 282 g/mol. The Morgan fingerprint density at radius 2 is 2.28 bits per heavy atom.